The fourth-order valence-electron chi connectivity index (χ4n) is 8.00. The smallest absolute Gasteiger partial charge is 0.246 e. The van der Waals surface area contributed by atoms with Crippen molar-refractivity contribution in [3.05, 3.63) is 12.2 Å². The number of carbonyl (C=O) groups is 1. The third-order valence-electron chi connectivity index (χ3n) is 8.56. The van der Waals surface area contributed by atoms with Crippen molar-refractivity contribution in [1.29, 1.82) is 0 Å². The van der Waals surface area contributed by atoms with Crippen LogP contribution in [0.1, 0.15) is 64.7 Å². The van der Waals surface area contributed by atoms with Gasteiger partial charge in [-0.05, 0) is 99.7 Å². The number of rotatable bonds is 3. The largest absolute Gasteiger partial charge is 0.346 e. The van der Waals surface area contributed by atoms with Crippen LogP contribution in [0.2, 0.25) is 0 Å². The molecule has 6 bridgehead atoms. The Labute approximate surface area is 140 Å². The van der Waals surface area contributed by atoms with Crippen molar-refractivity contribution in [3.63, 3.8) is 0 Å². The van der Waals surface area contributed by atoms with Crippen LogP contribution < -0.4 is 5.32 Å². The zero-order valence-electron chi connectivity index (χ0n) is 14.5. The van der Waals surface area contributed by atoms with E-state index in [9.17, 15) is 4.79 Å². The van der Waals surface area contributed by atoms with Crippen molar-refractivity contribution in [1.82, 2.24) is 5.32 Å². The molecule has 6 rings (SSSR count). The van der Waals surface area contributed by atoms with E-state index < -0.39 is 0 Å². The first-order chi connectivity index (χ1) is 11.1. The standard InChI is InChI=1S/C21H31NO/c1-12(2)20(23)22-21(19-11-13-3-4-16(19)6-13)17-7-14-5-15(9-17)10-18(21)8-14/h13-19H,1,3-11H2,2H3,(H,22,23). The molecule has 1 amide bonds. The van der Waals surface area contributed by atoms with E-state index >= 15 is 0 Å². The van der Waals surface area contributed by atoms with Gasteiger partial charge in [0, 0.05) is 11.1 Å². The molecule has 2 nitrogen and oxygen atoms in total. The van der Waals surface area contributed by atoms with E-state index in [1.54, 1.807) is 0 Å². The predicted octanol–water partition coefficient (Wildman–Crippen LogP) is 4.31. The summed E-state index contributed by atoms with van der Waals surface area (Å²) in [5, 5.41) is 3.66. The van der Waals surface area contributed by atoms with Crippen molar-refractivity contribution < 1.29 is 4.79 Å². The maximum absolute atomic E-state index is 12.7. The van der Waals surface area contributed by atoms with Crippen LogP contribution in [-0.2, 0) is 4.79 Å². The van der Waals surface area contributed by atoms with Crippen LogP contribution in [0, 0.1) is 41.4 Å². The number of amides is 1. The Balaban J connectivity index is 1.54. The minimum atomic E-state index is 0.128. The van der Waals surface area contributed by atoms with Crippen LogP contribution in [0.3, 0.4) is 0 Å². The molecule has 0 aromatic carbocycles. The highest BCUT2D eigenvalue weighted by Gasteiger charge is 2.63. The first-order valence-corrected chi connectivity index (χ1v) is 10.0. The van der Waals surface area contributed by atoms with Crippen LogP contribution in [-0.4, -0.2) is 11.4 Å². The molecule has 0 radical (unpaired) electrons. The van der Waals surface area contributed by atoms with Gasteiger partial charge in [-0.3, -0.25) is 4.79 Å². The van der Waals surface area contributed by atoms with Gasteiger partial charge >= 0.3 is 0 Å². The molecule has 0 saturated heterocycles. The van der Waals surface area contributed by atoms with Gasteiger partial charge in [-0.1, -0.05) is 13.0 Å². The van der Waals surface area contributed by atoms with Crippen molar-refractivity contribution in [2.45, 2.75) is 70.3 Å². The Morgan fingerprint density at radius 3 is 2.04 bits per heavy atom. The van der Waals surface area contributed by atoms with Crippen LogP contribution in [0.4, 0.5) is 0 Å². The molecule has 1 N–H and O–H groups in total. The van der Waals surface area contributed by atoms with Gasteiger partial charge in [-0.25, -0.2) is 0 Å². The summed E-state index contributed by atoms with van der Waals surface area (Å²) in [4.78, 5) is 12.7. The van der Waals surface area contributed by atoms with Gasteiger partial charge in [0.05, 0.1) is 0 Å². The molecule has 23 heavy (non-hydrogen) atoms. The summed E-state index contributed by atoms with van der Waals surface area (Å²) in [6.07, 6.45) is 12.7. The molecule has 6 saturated carbocycles. The second-order valence-corrected chi connectivity index (χ2v) is 9.75. The lowest BCUT2D eigenvalue weighted by Crippen LogP contribution is -2.70. The van der Waals surface area contributed by atoms with Gasteiger partial charge in [-0.15, -0.1) is 0 Å². The van der Waals surface area contributed by atoms with Gasteiger partial charge in [0.1, 0.15) is 0 Å². The van der Waals surface area contributed by atoms with E-state index in [0.29, 0.717) is 5.57 Å². The Kier molecular flexibility index (Phi) is 3.07. The van der Waals surface area contributed by atoms with Crippen LogP contribution >= 0.6 is 0 Å². The summed E-state index contributed by atoms with van der Waals surface area (Å²) in [6.45, 7) is 5.81. The molecule has 0 heterocycles. The zero-order valence-corrected chi connectivity index (χ0v) is 14.5. The fourth-order valence-corrected chi connectivity index (χ4v) is 8.00. The molecule has 6 aliphatic carbocycles. The van der Waals surface area contributed by atoms with Crippen molar-refractivity contribution in [3.8, 4) is 0 Å². The normalized spacial score (nSPS) is 52.8. The molecular weight excluding hydrogens is 282 g/mol. The Bertz CT molecular complexity index is 522. The topological polar surface area (TPSA) is 29.1 Å². The number of carbonyl (C=O) groups excluding carboxylic acids is 1. The summed E-state index contributed by atoms with van der Waals surface area (Å²) in [7, 11) is 0. The van der Waals surface area contributed by atoms with Gasteiger partial charge in [-0.2, -0.15) is 0 Å². The third-order valence-corrected chi connectivity index (χ3v) is 8.56. The van der Waals surface area contributed by atoms with Gasteiger partial charge in [0.2, 0.25) is 5.91 Å². The van der Waals surface area contributed by atoms with Gasteiger partial charge < -0.3 is 5.32 Å². The summed E-state index contributed by atoms with van der Waals surface area (Å²) in [5.74, 6) is 6.19. The zero-order chi connectivity index (χ0) is 15.8. The highest BCUT2D eigenvalue weighted by atomic mass is 16.1. The number of fused-ring (bicyclic) bond motifs is 2. The second-order valence-electron chi connectivity index (χ2n) is 9.75. The highest BCUT2D eigenvalue weighted by Crippen LogP contribution is 2.65. The molecule has 0 aliphatic heterocycles. The molecule has 126 valence electrons. The molecule has 3 atom stereocenters. The van der Waals surface area contributed by atoms with Gasteiger partial charge in [0.15, 0.2) is 0 Å². The fraction of sp³-hybridized carbons (Fsp3) is 0.857. The summed E-state index contributed by atoms with van der Waals surface area (Å²) in [6, 6.07) is 0. The molecule has 0 aromatic heterocycles. The van der Waals surface area contributed by atoms with Crippen LogP contribution in [0.25, 0.3) is 0 Å². The maximum atomic E-state index is 12.7. The van der Waals surface area contributed by atoms with Crippen LogP contribution in [0.15, 0.2) is 12.2 Å². The first kappa shape index (κ1) is 14.5. The lowest BCUT2D eigenvalue weighted by atomic mass is 9.44. The van der Waals surface area contributed by atoms with E-state index in [0.717, 1.165) is 41.4 Å². The molecule has 6 aliphatic rings. The quantitative estimate of drug-likeness (QED) is 0.773. The Morgan fingerprint density at radius 2 is 1.57 bits per heavy atom. The minimum Gasteiger partial charge on any atom is -0.346 e. The second kappa shape index (κ2) is 4.86. The lowest BCUT2D eigenvalue weighted by Gasteiger charge is -2.64. The van der Waals surface area contributed by atoms with E-state index in [4.69, 9.17) is 0 Å². The highest BCUT2D eigenvalue weighted by molar-refractivity contribution is 5.92. The summed E-state index contributed by atoms with van der Waals surface area (Å²) < 4.78 is 0. The van der Waals surface area contributed by atoms with Crippen molar-refractivity contribution in [2.24, 2.45) is 41.4 Å². The SMILES string of the molecule is C=C(C)C(=O)NC1(C2CC3CCC2C3)C2CC3CC(C2)CC1C3. The molecule has 0 spiro atoms. The minimum absolute atomic E-state index is 0.128. The van der Waals surface area contributed by atoms with Crippen molar-refractivity contribution >= 4 is 5.91 Å². The number of hydrogen-bond acceptors (Lipinski definition) is 1. The summed E-state index contributed by atoms with van der Waals surface area (Å²) in [5.41, 5.74) is 0.824. The lowest BCUT2D eigenvalue weighted by molar-refractivity contribution is -0.138. The van der Waals surface area contributed by atoms with E-state index in [2.05, 4.69) is 11.9 Å². The molecular formula is C21H31NO. The van der Waals surface area contributed by atoms with Crippen LogP contribution in [0.5, 0.6) is 0 Å². The van der Waals surface area contributed by atoms with E-state index in [1.807, 2.05) is 6.92 Å². The predicted molar refractivity (Wildman–Crippen MR) is 91.7 cm³/mol. The number of hydrogen-bond donors (Lipinski definition) is 1. The summed E-state index contributed by atoms with van der Waals surface area (Å²) >= 11 is 0. The molecule has 0 aromatic rings. The number of nitrogens with one attached hydrogen (secondary N) is 1. The average Bonchev–Trinajstić information content (AvgIpc) is 3.13. The van der Waals surface area contributed by atoms with Gasteiger partial charge in [0.25, 0.3) is 0 Å². The Hall–Kier alpha value is -0.790. The monoisotopic (exact) mass is 313 g/mol. The van der Waals surface area contributed by atoms with E-state index in [-0.39, 0.29) is 11.4 Å². The molecule has 3 unspecified atom stereocenters. The maximum Gasteiger partial charge on any atom is 0.246 e. The van der Waals surface area contributed by atoms with E-state index in [1.165, 1.54) is 57.8 Å². The Morgan fingerprint density at radius 1 is 0.913 bits per heavy atom. The molecule has 2 heteroatoms. The average molecular weight is 313 g/mol. The third kappa shape index (κ3) is 1.96. The molecule has 6 fully saturated rings. The first-order valence-electron chi connectivity index (χ1n) is 10.0. The van der Waals surface area contributed by atoms with Crippen molar-refractivity contribution in [2.75, 3.05) is 0 Å².